The second-order valence-corrected chi connectivity index (χ2v) is 8.25. The molecule has 33 heavy (non-hydrogen) atoms. The molecule has 0 atom stereocenters. The number of anilines is 3. The van der Waals surface area contributed by atoms with Crippen LogP contribution in [0.2, 0.25) is 0 Å². The summed E-state index contributed by atoms with van der Waals surface area (Å²) in [7, 11) is 1.80. The first-order valence-electron chi connectivity index (χ1n) is 10.8. The van der Waals surface area contributed by atoms with Gasteiger partial charge in [-0.15, -0.1) is 0 Å². The van der Waals surface area contributed by atoms with Gasteiger partial charge in [0.15, 0.2) is 0 Å². The van der Waals surface area contributed by atoms with Gasteiger partial charge in [0.25, 0.3) is 5.56 Å². The minimum absolute atomic E-state index is 0.0257. The molecule has 0 spiro atoms. The molecule has 1 aromatic heterocycles. The minimum Gasteiger partial charge on any atom is -0.388 e. The molecule has 1 fully saturated rings. The normalized spacial score (nSPS) is 13.0. The Morgan fingerprint density at radius 3 is 2.42 bits per heavy atom. The maximum atomic E-state index is 14.2. The Balaban J connectivity index is 1.68. The Hall–Kier alpha value is -3.88. The number of aromatic nitrogens is 2. The fraction of sp³-hybridized carbons (Fsp3) is 0.292. The van der Waals surface area contributed by atoms with E-state index in [1.54, 1.807) is 25.2 Å². The Morgan fingerprint density at radius 1 is 1.09 bits per heavy atom. The summed E-state index contributed by atoms with van der Waals surface area (Å²) in [5.74, 6) is -0.755. The van der Waals surface area contributed by atoms with Gasteiger partial charge in [-0.25, -0.2) is 9.18 Å². The number of nitrogens with two attached hydrogens (primary N) is 1. The lowest BCUT2D eigenvalue weighted by Gasteiger charge is -2.17. The van der Waals surface area contributed by atoms with Gasteiger partial charge in [0.05, 0.1) is 13.0 Å². The van der Waals surface area contributed by atoms with Crippen LogP contribution in [0.1, 0.15) is 24.0 Å². The number of hydrogen-bond donors (Lipinski definition) is 3. The van der Waals surface area contributed by atoms with Gasteiger partial charge >= 0.3 is 5.69 Å². The van der Waals surface area contributed by atoms with E-state index in [9.17, 15) is 18.8 Å². The fourth-order valence-corrected chi connectivity index (χ4v) is 3.66. The Kier molecular flexibility index (Phi) is 6.30. The molecular formula is C24H26FN5O3. The van der Waals surface area contributed by atoms with Crippen LogP contribution in [0.3, 0.4) is 0 Å². The van der Waals surface area contributed by atoms with Crippen molar-refractivity contribution in [3.8, 4) is 0 Å². The molecule has 1 aliphatic carbocycles. The van der Waals surface area contributed by atoms with E-state index < -0.39 is 23.0 Å². The zero-order valence-electron chi connectivity index (χ0n) is 18.3. The predicted molar refractivity (Wildman–Crippen MR) is 126 cm³/mol. The van der Waals surface area contributed by atoms with Crippen LogP contribution in [0.4, 0.5) is 21.6 Å². The molecule has 9 heteroatoms. The highest BCUT2D eigenvalue weighted by Crippen LogP contribution is 2.31. The molecule has 2 aromatic carbocycles. The van der Waals surface area contributed by atoms with Crippen LogP contribution in [-0.4, -0.2) is 22.1 Å². The van der Waals surface area contributed by atoms with Crippen molar-refractivity contribution in [1.29, 1.82) is 0 Å². The van der Waals surface area contributed by atoms with Crippen LogP contribution in [0.5, 0.6) is 0 Å². The van der Waals surface area contributed by atoms with E-state index in [4.69, 9.17) is 5.73 Å². The second kappa shape index (κ2) is 9.32. The molecule has 0 unspecified atom stereocenters. The molecule has 1 amide bonds. The summed E-state index contributed by atoms with van der Waals surface area (Å²) in [6.07, 6.45) is 1.95. The van der Waals surface area contributed by atoms with E-state index in [0.717, 1.165) is 28.7 Å². The molecule has 1 saturated carbocycles. The van der Waals surface area contributed by atoms with Crippen molar-refractivity contribution < 1.29 is 9.18 Å². The van der Waals surface area contributed by atoms with Crippen LogP contribution in [0.15, 0.2) is 58.1 Å². The number of halogens is 1. The first-order chi connectivity index (χ1) is 15.9. The van der Waals surface area contributed by atoms with Crippen LogP contribution >= 0.6 is 0 Å². The van der Waals surface area contributed by atoms with Crippen LogP contribution < -0.4 is 27.6 Å². The lowest BCUT2D eigenvalue weighted by molar-refractivity contribution is -0.115. The average Bonchev–Trinajstić information content (AvgIpc) is 3.63. The zero-order chi connectivity index (χ0) is 23.5. The minimum atomic E-state index is -0.758. The van der Waals surface area contributed by atoms with Crippen molar-refractivity contribution in [2.24, 2.45) is 5.92 Å². The van der Waals surface area contributed by atoms with E-state index >= 15 is 0 Å². The average molecular weight is 452 g/mol. The highest BCUT2D eigenvalue weighted by Gasteiger charge is 2.26. The first-order valence-corrected chi connectivity index (χ1v) is 10.8. The maximum Gasteiger partial charge on any atom is 0.332 e. The standard InChI is InChI=1S/C24H26FN5O3/c1-27-18-10-8-15(9-11-18)12-20(31)28-21-22(26)29(13-16-6-7-16)24(33)30(23(21)32)14-17-4-2-3-5-19(17)25/h2-5,8-11,16,27H,6-7,12-14,26H2,1H3,(H,28,31). The molecule has 4 rings (SSSR count). The van der Waals surface area contributed by atoms with Gasteiger partial charge < -0.3 is 16.4 Å². The van der Waals surface area contributed by atoms with Gasteiger partial charge in [-0.05, 0) is 42.5 Å². The zero-order valence-corrected chi connectivity index (χ0v) is 18.3. The van der Waals surface area contributed by atoms with E-state index in [1.807, 2.05) is 12.1 Å². The first kappa shape index (κ1) is 22.3. The summed E-state index contributed by atoms with van der Waals surface area (Å²) in [5, 5.41) is 5.60. The van der Waals surface area contributed by atoms with Crippen molar-refractivity contribution in [3.05, 3.63) is 86.3 Å². The molecule has 4 N–H and O–H groups in total. The molecule has 8 nitrogen and oxygen atoms in total. The maximum absolute atomic E-state index is 14.2. The van der Waals surface area contributed by atoms with Gasteiger partial charge in [-0.1, -0.05) is 30.3 Å². The number of amides is 1. The molecular weight excluding hydrogens is 425 g/mol. The third-order valence-corrected chi connectivity index (χ3v) is 5.76. The Bertz CT molecular complexity index is 1290. The molecule has 172 valence electrons. The number of rotatable bonds is 8. The number of nitrogens with one attached hydrogen (secondary N) is 2. The van der Waals surface area contributed by atoms with Crippen molar-refractivity contribution >= 4 is 23.1 Å². The number of benzene rings is 2. The number of carbonyl (C=O) groups excluding carboxylic acids is 1. The lowest BCUT2D eigenvalue weighted by atomic mass is 10.1. The van der Waals surface area contributed by atoms with Gasteiger partial charge in [0.2, 0.25) is 5.91 Å². The number of hydrogen-bond acceptors (Lipinski definition) is 5. The number of nitrogens with zero attached hydrogens (tertiary/aromatic N) is 2. The number of nitrogen functional groups attached to an aromatic ring is 1. The van der Waals surface area contributed by atoms with E-state index in [2.05, 4.69) is 10.6 Å². The summed E-state index contributed by atoms with van der Waals surface area (Å²) >= 11 is 0. The van der Waals surface area contributed by atoms with Crippen molar-refractivity contribution in [3.63, 3.8) is 0 Å². The van der Waals surface area contributed by atoms with Crippen molar-refractivity contribution in [2.45, 2.75) is 32.4 Å². The smallest absolute Gasteiger partial charge is 0.332 e. The molecule has 0 aliphatic heterocycles. The molecule has 3 aromatic rings. The summed E-state index contributed by atoms with van der Waals surface area (Å²) in [6, 6.07) is 13.2. The van der Waals surface area contributed by atoms with Gasteiger partial charge in [-0.3, -0.25) is 18.7 Å². The largest absolute Gasteiger partial charge is 0.388 e. The van der Waals surface area contributed by atoms with Gasteiger partial charge in [0, 0.05) is 24.8 Å². The summed E-state index contributed by atoms with van der Waals surface area (Å²) in [4.78, 5) is 39.0. The molecule has 0 radical (unpaired) electrons. The Labute approximate surface area is 189 Å². The molecule has 1 aliphatic rings. The monoisotopic (exact) mass is 451 g/mol. The van der Waals surface area contributed by atoms with Gasteiger partial charge in [-0.2, -0.15) is 0 Å². The van der Waals surface area contributed by atoms with Crippen LogP contribution in [0, 0.1) is 11.7 Å². The quantitative estimate of drug-likeness (QED) is 0.487. The topological polar surface area (TPSA) is 111 Å². The van der Waals surface area contributed by atoms with Gasteiger partial charge in [0.1, 0.15) is 17.3 Å². The third kappa shape index (κ3) is 4.97. The van der Waals surface area contributed by atoms with Crippen LogP contribution in [-0.2, 0) is 24.3 Å². The molecule has 0 saturated heterocycles. The molecule has 0 bridgehead atoms. The highest BCUT2D eigenvalue weighted by atomic mass is 19.1. The van der Waals surface area contributed by atoms with E-state index in [1.165, 1.54) is 22.8 Å². The Morgan fingerprint density at radius 2 is 1.79 bits per heavy atom. The van der Waals surface area contributed by atoms with Crippen LogP contribution in [0.25, 0.3) is 0 Å². The van der Waals surface area contributed by atoms with E-state index in [0.29, 0.717) is 12.5 Å². The second-order valence-electron chi connectivity index (χ2n) is 8.25. The fourth-order valence-electron chi connectivity index (χ4n) is 3.66. The van der Waals surface area contributed by atoms with E-state index in [-0.39, 0.29) is 30.0 Å². The summed E-state index contributed by atoms with van der Waals surface area (Å²) < 4.78 is 16.5. The summed E-state index contributed by atoms with van der Waals surface area (Å²) in [6.45, 7) is 0.0835. The number of carbonyl (C=O) groups is 1. The van der Waals surface area contributed by atoms with Crippen molar-refractivity contribution in [2.75, 3.05) is 23.4 Å². The summed E-state index contributed by atoms with van der Waals surface area (Å²) in [5.41, 5.74) is 6.50. The molecule has 1 heterocycles. The SMILES string of the molecule is CNc1ccc(CC(=O)Nc2c(N)n(CC3CC3)c(=O)n(Cc3ccccc3F)c2=O)cc1. The lowest BCUT2D eigenvalue weighted by Crippen LogP contribution is -2.43. The third-order valence-electron chi connectivity index (χ3n) is 5.76. The predicted octanol–water partition coefficient (Wildman–Crippen LogP) is 2.41. The van der Waals surface area contributed by atoms with Crippen molar-refractivity contribution in [1.82, 2.24) is 9.13 Å². The highest BCUT2D eigenvalue weighted by molar-refractivity contribution is 5.94.